The minimum atomic E-state index is -4.14. The van der Waals surface area contributed by atoms with Gasteiger partial charge in [0.05, 0.1) is 35.6 Å². The summed E-state index contributed by atoms with van der Waals surface area (Å²) >= 11 is 3.25. The third kappa shape index (κ3) is 9.91. The van der Waals surface area contributed by atoms with Gasteiger partial charge in [-0.05, 0) is 60.4 Å². The molecular formula is C42H36BrN7O9S2. The first kappa shape index (κ1) is 42.6. The van der Waals surface area contributed by atoms with E-state index < -0.39 is 37.5 Å². The van der Waals surface area contributed by atoms with Crippen LogP contribution >= 0.6 is 15.9 Å². The summed E-state index contributed by atoms with van der Waals surface area (Å²) in [5.74, 6) is -1.22. The summed E-state index contributed by atoms with van der Waals surface area (Å²) < 4.78 is 69.1. The Kier molecular flexibility index (Phi) is 12.8. The first-order valence-electron chi connectivity index (χ1n) is 18.7. The second kappa shape index (κ2) is 18.4. The summed E-state index contributed by atoms with van der Waals surface area (Å²) in [6, 6.07) is 28.0. The van der Waals surface area contributed by atoms with Gasteiger partial charge in [-0.3, -0.25) is 14.4 Å². The molecule has 4 aromatic carbocycles. The number of amidine groups is 2. The zero-order valence-corrected chi connectivity index (χ0v) is 35.4. The van der Waals surface area contributed by atoms with Gasteiger partial charge in [-0.25, -0.2) is 9.97 Å². The Balaban J connectivity index is 0.000000185. The van der Waals surface area contributed by atoms with Crippen molar-refractivity contribution in [1.82, 2.24) is 15.3 Å². The lowest BCUT2D eigenvalue weighted by Crippen LogP contribution is -2.29. The second-order valence-corrected chi connectivity index (χ2v) is 17.7. The van der Waals surface area contributed by atoms with Crippen LogP contribution in [0, 0.1) is 0 Å². The molecule has 0 fully saturated rings. The van der Waals surface area contributed by atoms with Gasteiger partial charge in [0.15, 0.2) is 23.2 Å². The van der Waals surface area contributed by atoms with E-state index >= 15 is 0 Å². The molecule has 312 valence electrons. The normalized spacial score (nSPS) is 15.4. The number of nitrogens with zero attached hydrogens (tertiary/aromatic N) is 4. The molecule has 2 atom stereocenters. The number of fused-ring (bicyclic) bond motifs is 2. The highest BCUT2D eigenvalue weighted by Gasteiger charge is 2.31. The summed E-state index contributed by atoms with van der Waals surface area (Å²) in [6.07, 6.45) is 6.91. The molecule has 61 heavy (non-hydrogen) atoms. The van der Waals surface area contributed by atoms with Gasteiger partial charge in [-0.2, -0.15) is 16.8 Å². The zero-order chi connectivity index (χ0) is 43.1. The number of hydrogen-bond acceptors (Lipinski definition) is 13. The topological polar surface area (TPSA) is 232 Å². The quantitative estimate of drug-likeness (QED) is 0.108. The molecule has 4 heterocycles. The van der Waals surface area contributed by atoms with Gasteiger partial charge in [-0.15, -0.1) is 8.80 Å². The molecule has 0 saturated carbocycles. The van der Waals surface area contributed by atoms with Gasteiger partial charge in [0.2, 0.25) is 11.8 Å². The van der Waals surface area contributed by atoms with Crippen molar-refractivity contribution < 1.29 is 40.1 Å². The number of carbonyl (C=O) groups is 3. The molecule has 8 rings (SSSR count). The number of Topliss-reactive ketones (excluding diaryl/α,β-unsaturated/α-hetero) is 2. The predicted octanol–water partition coefficient (Wildman–Crippen LogP) is 6.86. The standard InChI is InChI=1S/C22H20N4O5S.C20H16BrN3O4S/c1-23-21(28)15-7-9-17-19(13-15)32(29,30)26-20(25-17)18(27)10-8-16(22-24-11-12-31-22)14-5-3-2-4-6-14;21-14-6-8-16-18(12-14)29(26,27)24-19(23-16)17(25)9-7-15(20-22-10-11-28-20)13-4-2-1-3-5-13/h2-7,9,11-13,16H,8,10H2,1H3,(H,23,28)(H,25,26);1-6,8,10-12,15H,7,9H2,(H,23,24). The number of benzene rings is 4. The maximum atomic E-state index is 12.8. The van der Waals surface area contributed by atoms with Crippen molar-refractivity contribution >= 4 is 76.5 Å². The number of sulfonamides is 2. The Morgan fingerprint density at radius 3 is 1.56 bits per heavy atom. The summed E-state index contributed by atoms with van der Waals surface area (Å²) in [5.41, 5.74) is 2.60. The van der Waals surface area contributed by atoms with E-state index in [0.29, 0.717) is 34.8 Å². The molecule has 1 amide bonds. The van der Waals surface area contributed by atoms with Crippen molar-refractivity contribution in [2.24, 2.45) is 8.80 Å². The highest BCUT2D eigenvalue weighted by Crippen LogP contribution is 2.33. The zero-order valence-electron chi connectivity index (χ0n) is 32.2. The first-order valence-corrected chi connectivity index (χ1v) is 22.3. The van der Waals surface area contributed by atoms with Crippen molar-refractivity contribution in [3.05, 3.63) is 155 Å². The molecule has 19 heteroatoms. The van der Waals surface area contributed by atoms with Gasteiger partial charge in [-0.1, -0.05) is 76.6 Å². The maximum Gasteiger partial charge on any atom is 0.286 e. The number of ketones is 2. The monoisotopic (exact) mass is 925 g/mol. The number of nitrogens with one attached hydrogen (secondary N) is 3. The summed E-state index contributed by atoms with van der Waals surface area (Å²) in [5, 5.41) is 8.06. The Morgan fingerprint density at radius 1 is 0.656 bits per heavy atom. The maximum absolute atomic E-state index is 12.8. The lowest BCUT2D eigenvalue weighted by molar-refractivity contribution is -0.113. The van der Waals surface area contributed by atoms with Crippen molar-refractivity contribution in [3.63, 3.8) is 0 Å². The highest BCUT2D eigenvalue weighted by atomic mass is 79.9. The van der Waals surface area contributed by atoms with E-state index in [1.54, 1.807) is 18.3 Å². The minimum absolute atomic E-state index is 0.0228. The van der Waals surface area contributed by atoms with Crippen LogP contribution in [0.3, 0.4) is 0 Å². The van der Waals surface area contributed by atoms with Crippen LogP contribution in [0.1, 0.15) is 70.8 Å². The molecule has 3 N–H and O–H groups in total. The van der Waals surface area contributed by atoms with Crippen LogP contribution in [0.4, 0.5) is 11.4 Å². The lowest BCUT2D eigenvalue weighted by Gasteiger charge is -2.19. The van der Waals surface area contributed by atoms with Crippen LogP contribution < -0.4 is 16.0 Å². The second-order valence-electron chi connectivity index (χ2n) is 13.6. The van der Waals surface area contributed by atoms with Crippen LogP contribution in [0.2, 0.25) is 0 Å². The number of hydrogen-bond donors (Lipinski definition) is 3. The van der Waals surface area contributed by atoms with Gasteiger partial charge < -0.3 is 24.8 Å². The average molecular weight is 927 g/mol. The van der Waals surface area contributed by atoms with Crippen LogP contribution in [0.5, 0.6) is 0 Å². The number of anilines is 2. The number of aromatic nitrogens is 2. The molecule has 0 bridgehead atoms. The number of halogens is 1. The van der Waals surface area contributed by atoms with E-state index in [4.69, 9.17) is 8.83 Å². The third-order valence-corrected chi connectivity index (χ3v) is 12.8. The Morgan fingerprint density at radius 2 is 1.11 bits per heavy atom. The van der Waals surface area contributed by atoms with E-state index in [0.717, 1.165) is 11.1 Å². The smallest absolute Gasteiger partial charge is 0.286 e. The van der Waals surface area contributed by atoms with Crippen molar-refractivity contribution in [3.8, 4) is 0 Å². The Bertz CT molecular complexity index is 2850. The van der Waals surface area contributed by atoms with E-state index in [-0.39, 0.29) is 57.4 Å². The SMILES string of the molecule is CNC(=O)c1ccc2c(c1)S(=O)(=O)N=C(C(=O)CCC(c1ccccc1)c1ncco1)N2.O=C(CCC(c1ccccc1)c1ncco1)C1=NS(=O)(=O)c2cc(Br)ccc2N1. The van der Waals surface area contributed by atoms with E-state index in [1.165, 1.54) is 50.0 Å². The Hall–Kier alpha value is -6.57. The molecule has 0 radical (unpaired) electrons. The van der Waals surface area contributed by atoms with Gasteiger partial charge >= 0.3 is 0 Å². The molecule has 0 spiro atoms. The molecule has 0 aliphatic carbocycles. The summed E-state index contributed by atoms with van der Waals surface area (Å²) in [7, 11) is -6.64. The van der Waals surface area contributed by atoms with Crippen molar-refractivity contribution in [2.75, 3.05) is 17.7 Å². The fourth-order valence-electron chi connectivity index (χ4n) is 6.66. The van der Waals surface area contributed by atoms with Crippen molar-refractivity contribution in [2.45, 2.75) is 47.3 Å². The van der Waals surface area contributed by atoms with Crippen LogP contribution in [-0.4, -0.2) is 63.0 Å². The molecule has 2 unspecified atom stereocenters. The number of rotatable bonds is 13. The average Bonchev–Trinajstić information content (AvgIpc) is 4.00. The van der Waals surface area contributed by atoms with Crippen LogP contribution in [0.15, 0.2) is 154 Å². The molecular weight excluding hydrogens is 891 g/mol. The van der Waals surface area contributed by atoms with E-state index in [9.17, 15) is 31.2 Å². The number of amides is 1. The van der Waals surface area contributed by atoms with Gasteiger partial charge in [0, 0.05) is 29.9 Å². The van der Waals surface area contributed by atoms with Crippen LogP contribution in [0.25, 0.3) is 0 Å². The highest BCUT2D eigenvalue weighted by molar-refractivity contribution is 9.10. The van der Waals surface area contributed by atoms with Crippen molar-refractivity contribution in [1.29, 1.82) is 0 Å². The number of oxazole rings is 2. The molecule has 2 aliphatic rings. The van der Waals surface area contributed by atoms with Gasteiger partial charge in [0.1, 0.15) is 22.3 Å². The van der Waals surface area contributed by atoms with E-state index in [2.05, 4.69) is 50.6 Å². The molecule has 0 saturated heterocycles. The molecule has 2 aromatic heterocycles. The predicted molar refractivity (Wildman–Crippen MR) is 229 cm³/mol. The largest absolute Gasteiger partial charge is 0.448 e. The lowest BCUT2D eigenvalue weighted by atomic mass is 9.93. The summed E-state index contributed by atoms with van der Waals surface area (Å²) in [6.45, 7) is 0. The third-order valence-electron chi connectivity index (χ3n) is 9.65. The molecule has 16 nitrogen and oxygen atoms in total. The minimum Gasteiger partial charge on any atom is -0.448 e. The number of carbonyl (C=O) groups excluding carboxylic acids is 3. The van der Waals surface area contributed by atoms with E-state index in [1.807, 2.05) is 60.7 Å². The molecule has 6 aromatic rings. The fourth-order valence-corrected chi connectivity index (χ4v) is 9.49. The first-order chi connectivity index (χ1) is 29.3. The van der Waals surface area contributed by atoms with Crippen LogP contribution in [-0.2, 0) is 29.6 Å². The van der Waals surface area contributed by atoms with Gasteiger partial charge in [0.25, 0.3) is 26.0 Å². The summed E-state index contributed by atoms with van der Waals surface area (Å²) in [4.78, 5) is 45.7. The molecule has 2 aliphatic heterocycles. The Labute approximate surface area is 358 Å². The fraction of sp³-hybridized carbons (Fsp3) is 0.167.